The lowest BCUT2D eigenvalue weighted by Crippen LogP contribution is -2.52. The Balaban J connectivity index is 1.45. The zero-order valence-electron chi connectivity index (χ0n) is 20.8. The van der Waals surface area contributed by atoms with Crippen LogP contribution in [0.5, 0.6) is 11.5 Å². The predicted octanol–water partition coefficient (Wildman–Crippen LogP) is 5.41. The van der Waals surface area contributed by atoms with Gasteiger partial charge in [-0.1, -0.05) is 30.3 Å². The Bertz CT molecular complexity index is 953. The summed E-state index contributed by atoms with van der Waals surface area (Å²) in [6, 6.07) is 15.8. The normalized spacial score (nSPS) is 22.1. The van der Waals surface area contributed by atoms with Gasteiger partial charge in [-0.15, -0.1) is 0 Å². The van der Waals surface area contributed by atoms with Crippen molar-refractivity contribution in [2.24, 2.45) is 0 Å². The van der Waals surface area contributed by atoms with Crippen LogP contribution in [0.25, 0.3) is 0 Å². The van der Waals surface area contributed by atoms with Gasteiger partial charge in [0.25, 0.3) is 5.91 Å². The summed E-state index contributed by atoms with van der Waals surface area (Å²) in [6.45, 7) is 8.00. The lowest BCUT2D eigenvalue weighted by Gasteiger charge is -2.48. The number of methoxy groups -OCH3 is 1. The van der Waals surface area contributed by atoms with Gasteiger partial charge in [0.15, 0.2) is 11.5 Å². The standard InChI is InChI=1S/C28H37NO5/c1-5-32-23-18-25(21-9-7-6-8-10-21)34-28(19-23)13-15-29(16-14-28)27(30)22-11-12-24(33-20(2)3)26(17-22)31-4/h6-12,17,20,23,25H,5,13-16,18-19H2,1-4H3/t23-,25+/m1/s1. The zero-order valence-corrected chi connectivity index (χ0v) is 20.8. The van der Waals surface area contributed by atoms with E-state index >= 15 is 0 Å². The van der Waals surface area contributed by atoms with Gasteiger partial charge in [0.05, 0.1) is 31.0 Å². The van der Waals surface area contributed by atoms with Crippen molar-refractivity contribution in [2.75, 3.05) is 26.8 Å². The maximum atomic E-state index is 13.3. The lowest BCUT2D eigenvalue weighted by atomic mass is 9.80. The number of rotatable bonds is 7. The third-order valence-corrected chi connectivity index (χ3v) is 6.78. The molecule has 6 heteroatoms. The largest absolute Gasteiger partial charge is 0.493 e. The number of likely N-dealkylation sites (tertiary alicyclic amines) is 1. The highest BCUT2D eigenvalue weighted by Gasteiger charge is 2.45. The van der Waals surface area contributed by atoms with Gasteiger partial charge in [-0.3, -0.25) is 4.79 Å². The minimum Gasteiger partial charge on any atom is -0.493 e. The molecule has 4 rings (SSSR count). The van der Waals surface area contributed by atoms with E-state index in [-0.39, 0.29) is 29.8 Å². The molecular weight excluding hydrogens is 430 g/mol. The monoisotopic (exact) mass is 467 g/mol. The minimum atomic E-state index is -0.262. The van der Waals surface area contributed by atoms with E-state index in [1.807, 2.05) is 43.9 Å². The molecule has 184 valence electrons. The van der Waals surface area contributed by atoms with Crippen molar-refractivity contribution in [3.63, 3.8) is 0 Å². The molecule has 6 nitrogen and oxygen atoms in total. The molecule has 0 radical (unpaired) electrons. The van der Waals surface area contributed by atoms with E-state index < -0.39 is 0 Å². The Morgan fingerprint density at radius 1 is 1.12 bits per heavy atom. The molecule has 0 unspecified atom stereocenters. The molecule has 0 saturated carbocycles. The fourth-order valence-electron chi connectivity index (χ4n) is 5.14. The number of nitrogens with zero attached hydrogens (tertiary/aromatic N) is 1. The highest BCUT2D eigenvalue weighted by molar-refractivity contribution is 5.95. The molecule has 1 spiro atoms. The first-order valence-corrected chi connectivity index (χ1v) is 12.4. The van der Waals surface area contributed by atoms with Crippen LogP contribution in [-0.2, 0) is 9.47 Å². The van der Waals surface area contributed by atoms with Crippen molar-refractivity contribution in [1.29, 1.82) is 0 Å². The maximum Gasteiger partial charge on any atom is 0.253 e. The fourth-order valence-corrected chi connectivity index (χ4v) is 5.14. The van der Waals surface area contributed by atoms with Crippen LogP contribution in [0, 0.1) is 0 Å². The number of amides is 1. The van der Waals surface area contributed by atoms with E-state index in [9.17, 15) is 4.79 Å². The first-order valence-electron chi connectivity index (χ1n) is 12.4. The number of benzene rings is 2. The van der Waals surface area contributed by atoms with Crippen molar-refractivity contribution in [1.82, 2.24) is 4.90 Å². The summed E-state index contributed by atoms with van der Waals surface area (Å²) in [5.41, 5.74) is 1.55. The topological polar surface area (TPSA) is 57.2 Å². The van der Waals surface area contributed by atoms with Crippen LogP contribution >= 0.6 is 0 Å². The fraction of sp³-hybridized carbons (Fsp3) is 0.536. The quantitative estimate of drug-likeness (QED) is 0.545. The molecule has 1 amide bonds. The average Bonchev–Trinajstić information content (AvgIpc) is 2.84. The third-order valence-electron chi connectivity index (χ3n) is 6.78. The van der Waals surface area contributed by atoms with E-state index in [0.29, 0.717) is 36.8 Å². The van der Waals surface area contributed by atoms with E-state index in [2.05, 4.69) is 24.3 Å². The Morgan fingerprint density at radius 2 is 1.85 bits per heavy atom. The Morgan fingerprint density at radius 3 is 2.50 bits per heavy atom. The molecule has 0 aromatic heterocycles. The van der Waals surface area contributed by atoms with E-state index in [1.165, 1.54) is 5.56 Å². The average molecular weight is 468 g/mol. The van der Waals surface area contributed by atoms with Gasteiger partial charge < -0.3 is 23.8 Å². The van der Waals surface area contributed by atoms with Gasteiger partial charge in [-0.05, 0) is 57.4 Å². The molecule has 2 aliphatic heterocycles. The van der Waals surface area contributed by atoms with Crippen LogP contribution in [0.3, 0.4) is 0 Å². The molecular formula is C28H37NO5. The second-order valence-corrected chi connectivity index (χ2v) is 9.54. The summed E-state index contributed by atoms with van der Waals surface area (Å²) in [5, 5.41) is 0. The van der Waals surface area contributed by atoms with Crippen LogP contribution in [0.2, 0.25) is 0 Å². The molecule has 0 aliphatic carbocycles. The zero-order chi connectivity index (χ0) is 24.1. The number of hydrogen-bond acceptors (Lipinski definition) is 5. The van der Waals surface area contributed by atoms with Crippen molar-refractivity contribution in [2.45, 2.75) is 70.4 Å². The molecule has 0 N–H and O–H groups in total. The first-order chi connectivity index (χ1) is 16.4. The van der Waals surface area contributed by atoms with Gasteiger partial charge >= 0.3 is 0 Å². The summed E-state index contributed by atoms with van der Waals surface area (Å²) >= 11 is 0. The summed E-state index contributed by atoms with van der Waals surface area (Å²) in [5.74, 6) is 1.24. The third kappa shape index (κ3) is 5.56. The Hall–Kier alpha value is -2.57. The van der Waals surface area contributed by atoms with Crippen LogP contribution in [0.4, 0.5) is 0 Å². The molecule has 2 heterocycles. The molecule has 2 aromatic carbocycles. The first kappa shape index (κ1) is 24.6. The van der Waals surface area contributed by atoms with E-state index in [1.54, 1.807) is 13.2 Å². The van der Waals surface area contributed by atoms with Gasteiger partial charge in [0, 0.05) is 38.1 Å². The van der Waals surface area contributed by atoms with Crippen LogP contribution in [-0.4, -0.2) is 55.4 Å². The number of carbonyl (C=O) groups is 1. The summed E-state index contributed by atoms with van der Waals surface area (Å²) in [4.78, 5) is 15.2. The summed E-state index contributed by atoms with van der Waals surface area (Å²) in [6.07, 6.45) is 3.57. The lowest BCUT2D eigenvalue weighted by molar-refractivity contribution is -0.190. The molecule has 2 atom stereocenters. The number of piperidine rings is 1. The van der Waals surface area contributed by atoms with Gasteiger partial charge in [0.2, 0.25) is 0 Å². The number of ether oxygens (including phenoxy) is 4. The van der Waals surface area contributed by atoms with Crippen molar-refractivity contribution >= 4 is 5.91 Å². The molecule has 2 aliphatic rings. The predicted molar refractivity (Wildman–Crippen MR) is 132 cm³/mol. The molecule has 2 fully saturated rings. The number of hydrogen-bond donors (Lipinski definition) is 0. The molecule has 34 heavy (non-hydrogen) atoms. The maximum absolute atomic E-state index is 13.3. The smallest absolute Gasteiger partial charge is 0.253 e. The van der Waals surface area contributed by atoms with Crippen molar-refractivity contribution in [3.8, 4) is 11.5 Å². The minimum absolute atomic E-state index is 0.0148. The second-order valence-electron chi connectivity index (χ2n) is 9.54. The van der Waals surface area contributed by atoms with Gasteiger partial charge in [-0.2, -0.15) is 0 Å². The Kier molecular flexibility index (Phi) is 7.79. The van der Waals surface area contributed by atoms with Gasteiger partial charge in [-0.25, -0.2) is 0 Å². The summed E-state index contributed by atoms with van der Waals surface area (Å²) < 4.78 is 24.1. The highest BCUT2D eigenvalue weighted by atomic mass is 16.5. The van der Waals surface area contributed by atoms with Crippen LogP contribution in [0.15, 0.2) is 48.5 Å². The molecule has 0 bridgehead atoms. The molecule has 2 aromatic rings. The van der Waals surface area contributed by atoms with Crippen LogP contribution in [0.1, 0.15) is 68.5 Å². The SMILES string of the molecule is CCO[C@@H]1C[C@@H](c2ccccc2)OC2(CCN(C(=O)c3ccc(OC(C)C)c(OC)c3)CC2)C1. The molecule has 2 saturated heterocycles. The van der Waals surface area contributed by atoms with Crippen molar-refractivity contribution in [3.05, 3.63) is 59.7 Å². The Labute approximate surface area is 203 Å². The number of carbonyl (C=O) groups excluding carboxylic acids is 1. The second kappa shape index (κ2) is 10.8. The van der Waals surface area contributed by atoms with Crippen molar-refractivity contribution < 1.29 is 23.7 Å². The summed E-state index contributed by atoms with van der Waals surface area (Å²) in [7, 11) is 1.60. The van der Waals surface area contributed by atoms with Gasteiger partial charge in [0.1, 0.15) is 0 Å². The van der Waals surface area contributed by atoms with E-state index in [0.717, 1.165) is 25.7 Å². The van der Waals surface area contributed by atoms with E-state index in [4.69, 9.17) is 18.9 Å². The highest BCUT2D eigenvalue weighted by Crippen LogP contribution is 2.44. The van der Waals surface area contributed by atoms with Crippen LogP contribution < -0.4 is 9.47 Å².